The average Bonchev–Trinajstić information content (AvgIpc) is 2.91. The Morgan fingerprint density at radius 3 is 2.80 bits per heavy atom. The number of rotatable bonds is 2. The first-order valence-corrected chi connectivity index (χ1v) is 7.30. The molecule has 2 saturated heterocycles. The molecule has 0 spiro atoms. The molecule has 0 aliphatic carbocycles. The zero-order valence-corrected chi connectivity index (χ0v) is 12.4. The Morgan fingerprint density at radius 1 is 1.40 bits per heavy atom. The van der Waals surface area contributed by atoms with Gasteiger partial charge in [0.2, 0.25) is 0 Å². The van der Waals surface area contributed by atoms with E-state index < -0.39 is 0 Å². The number of nitrogens with zero attached hydrogens (tertiary/aromatic N) is 1. The summed E-state index contributed by atoms with van der Waals surface area (Å²) in [5.41, 5.74) is 8.40. The molecule has 3 N–H and O–H groups in total. The molecule has 2 fully saturated rings. The first-order chi connectivity index (χ1) is 9.41. The van der Waals surface area contributed by atoms with Crippen molar-refractivity contribution < 1.29 is 4.79 Å². The van der Waals surface area contributed by atoms with Crippen LogP contribution in [0.1, 0.15) is 29.8 Å². The van der Waals surface area contributed by atoms with Crippen molar-refractivity contribution in [1.29, 1.82) is 0 Å². The first-order valence-electron chi connectivity index (χ1n) is 7.30. The van der Waals surface area contributed by atoms with Gasteiger partial charge in [-0.15, -0.1) is 0 Å². The number of anilines is 1. The molecule has 0 bridgehead atoms. The molecular formula is C16H23N3O. The van der Waals surface area contributed by atoms with Gasteiger partial charge in [0.1, 0.15) is 0 Å². The molecule has 2 heterocycles. The van der Waals surface area contributed by atoms with Gasteiger partial charge in [-0.1, -0.05) is 6.07 Å². The van der Waals surface area contributed by atoms with Gasteiger partial charge in [-0.25, -0.2) is 0 Å². The highest BCUT2D eigenvalue weighted by molar-refractivity contribution is 5.99. The first kappa shape index (κ1) is 13.4. The van der Waals surface area contributed by atoms with Crippen molar-refractivity contribution in [3.8, 4) is 0 Å². The lowest BCUT2D eigenvalue weighted by atomic mass is 9.84. The fourth-order valence-corrected chi connectivity index (χ4v) is 3.90. The third kappa shape index (κ3) is 1.90. The van der Waals surface area contributed by atoms with Gasteiger partial charge in [-0.3, -0.25) is 4.79 Å². The van der Waals surface area contributed by atoms with E-state index in [0.717, 1.165) is 30.9 Å². The van der Waals surface area contributed by atoms with E-state index in [1.54, 1.807) is 0 Å². The Kier molecular flexibility index (Phi) is 3.01. The second kappa shape index (κ2) is 4.48. The van der Waals surface area contributed by atoms with E-state index >= 15 is 0 Å². The molecule has 1 aromatic carbocycles. The molecule has 3 rings (SSSR count). The standard InChI is InChI=1S/C16H23N3O/c1-10-4-5-12(15(17)20)14(6-10)19-9-11-7-18-8-13(11)16(19,2)3/h4-6,11,13,18H,7-9H2,1-3H3,(H2,17,20). The third-order valence-corrected chi connectivity index (χ3v) is 5.07. The number of nitrogens with one attached hydrogen (secondary N) is 1. The van der Waals surface area contributed by atoms with E-state index in [9.17, 15) is 4.79 Å². The Labute approximate surface area is 120 Å². The zero-order valence-electron chi connectivity index (χ0n) is 12.4. The van der Waals surface area contributed by atoms with Crippen LogP contribution in [0.3, 0.4) is 0 Å². The van der Waals surface area contributed by atoms with Crippen LogP contribution in [-0.4, -0.2) is 31.1 Å². The topological polar surface area (TPSA) is 58.4 Å². The van der Waals surface area contributed by atoms with Crippen LogP contribution in [-0.2, 0) is 0 Å². The van der Waals surface area contributed by atoms with Gasteiger partial charge in [0.05, 0.1) is 11.3 Å². The van der Waals surface area contributed by atoms with Crippen molar-refractivity contribution in [2.24, 2.45) is 17.6 Å². The number of amides is 1. The largest absolute Gasteiger partial charge is 0.366 e. The Bertz CT molecular complexity index is 553. The summed E-state index contributed by atoms with van der Waals surface area (Å²) in [7, 11) is 0. The molecule has 0 radical (unpaired) electrons. The van der Waals surface area contributed by atoms with Gasteiger partial charge in [0.25, 0.3) is 5.91 Å². The maximum Gasteiger partial charge on any atom is 0.250 e. The maximum absolute atomic E-state index is 11.7. The quantitative estimate of drug-likeness (QED) is 0.859. The molecule has 0 aromatic heterocycles. The fourth-order valence-electron chi connectivity index (χ4n) is 3.90. The summed E-state index contributed by atoms with van der Waals surface area (Å²) < 4.78 is 0. The minimum atomic E-state index is -0.342. The highest BCUT2D eigenvalue weighted by Crippen LogP contribution is 2.44. The lowest BCUT2D eigenvalue weighted by Gasteiger charge is -2.38. The molecule has 2 unspecified atom stereocenters. The number of hydrogen-bond donors (Lipinski definition) is 2. The van der Waals surface area contributed by atoms with Crippen LogP contribution in [0.5, 0.6) is 0 Å². The van der Waals surface area contributed by atoms with Crippen LogP contribution in [0, 0.1) is 18.8 Å². The van der Waals surface area contributed by atoms with Crippen molar-refractivity contribution in [3.05, 3.63) is 29.3 Å². The maximum atomic E-state index is 11.7. The van der Waals surface area contributed by atoms with E-state index in [-0.39, 0.29) is 11.4 Å². The zero-order chi connectivity index (χ0) is 14.5. The van der Waals surface area contributed by atoms with E-state index in [0.29, 0.717) is 17.4 Å². The van der Waals surface area contributed by atoms with Crippen LogP contribution in [0.2, 0.25) is 0 Å². The van der Waals surface area contributed by atoms with Crippen LogP contribution in [0.4, 0.5) is 5.69 Å². The minimum Gasteiger partial charge on any atom is -0.366 e. The van der Waals surface area contributed by atoms with Gasteiger partial charge >= 0.3 is 0 Å². The second-order valence-corrected chi connectivity index (χ2v) is 6.67. The van der Waals surface area contributed by atoms with Crippen molar-refractivity contribution in [2.75, 3.05) is 24.5 Å². The van der Waals surface area contributed by atoms with Gasteiger partial charge in [-0.2, -0.15) is 0 Å². The van der Waals surface area contributed by atoms with Crippen molar-refractivity contribution in [2.45, 2.75) is 26.3 Å². The smallest absolute Gasteiger partial charge is 0.250 e. The molecular weight excluding hydrogens is 250 g/mol. The summed E-state index contributed by atoms with van der Waals surface area (Å²) in [6.07, 6.45) is 0. The van der Waals surface area contributed by atoms with E-state index in [1.165, 1.54) is 0 Å². The van der Waals surface area contributed by atoms with Crippen molar-refractivity contribution >= 4 is 11.6 Å². The molecule has 2 aliphatic rings. The molecule has 2 atom stereocenters. The number of aryl methyl sites for hydroxylation is 1. The van der Waals surface area contributed by atoms with Crippen molar-refractivity contribution in [1.82, 2.24) is 5.32 Å². The monoisotopic (exact) mass is 273 g/mol. The van der Waals surface area contributed by atoms with Crippen LogP contribution in [0.25, 0.3) is 0 Å². The number of benzene rings is 1. The number of fused-ring (bicyclic) bond motifs is 1. The SMILES string of the molecule is Cc1ccc(C(N)=O)c(N2CC3CNCC3C2(C)C)c1. The summed E-state index contributed by atoms with van der Waals surface area (Å²) >= 11 is 0. The number of carbonyl (C=O) groups excluding carboxylic acids is 1. The molecule has 20 heavy (non-hydrogen) atoms. The average molecular weight is 273 g/mol. The number of carbonyl (C=O) groups is 1. The summed E-state index contributed by atoms with van der Waals surface area (Å²) in [6, 6.07) is 5.90. The predicted octanol–water partition coefficient (Wildman–Crippen LogP) is 1.53. The van der Waals surface area contributed by atoms with E-state index in [2.05, 4.69) is 37.1 Å². The lowest BCUT2D eigenvalue weighted by molar-refractivity contribution is 0.100. The van der Waals surface area contributed by atoms with Crippen LogP contribution >= 0.6 is 0 Å². The summed E-state index contributed by atoms with van der Waals surface area (Å²) in [5.74, 6) is 0.945. The number of nitrogens with two attached hydrogens (primary N) is 1. The summed E-state index contributed by atoms with van der Waals surface area (Å²) in [4.78, 5) is 14.1. The highest BCUT2D eigenvalue weighted by atomic mass is 16.1. The molecule has 1 amide bonds. The highest BCUT2D eigenvalue weighted by Gasteiger charge is 2.50. The summed E-state index contributed by atoms with van der Waals surface area (Å²) in [6.45, 7) is 9.73. The number of primary amides is 1. The van der Waals surface area contributed by atoms with Gasteiger partial charge < -0.3 is 16.0 Å². The van der Waals surface area contributed by atoms with E-state index in [4.69, 9.17) is 5.73 Å². The Hall–Kier alpha value is -1.55. The Balaban J connectivity index is 2.05. The van der Waals surface area contributed by atoms with Gasteiger partial charge in [-0.05, 0) is 50.3 Å². The molecule has 2 aliphatic heterocycles. The molecule has 0 saturated carbocycles. The van der Waals surface area contributed by atoms with Gasteiger partial charge in [0.15, 0.2) is 0 Å². The molecule has 1 aromatic rings. The van der Waals surface area contributed by atoms with Crippen LogP contribution < -0.4 is 16.0 Å². The fraction of sp³-hybridized carbons (Fsp3) is 0.562. The third-order valence-electron chi connectivity index (χ3n) is 5.07. The minimum absolute atomic E-state index is 0.0478. The van der Waals surface area contributed by atoms with E-state index in [1.807, 2.05) is 12.1 Å². The number of hydrogen-bond acceptors (Lipinski definition) is 3. The van der Waals surface area contributed by atoms with Gasteiger partial charge in [0, 0.05) is 25.2 Å². The molecule has 108 valence electrons. The summed E-state index contributed by atoms with van der Waals surface area (Å²) in [5, 5.41) is 3.48. The molecule has 4 heteroatoms. The normalized spacial score (nSPS) is 27.6. The second-order valence-electron chi connectivity index (χ2n) is 6.67. The Morgan fingerprint density at radius 2 is 2.15 bits per heavy atom. The lowest BCUT2D eigenvalue weighted by Crippen LogP contribution is -2.45. The molecule has 4 nitrogen and oxygen atoms in total. The van der Waals surface area contributed by atoms with Crippen molar-refractivity contribution in [3.63, 3.8) is 0 Å². The predicted molar refractivity (Wildman–Crippen MR) is 81.0 cm³/mol. The van der Waals surface area contributed by atoms with Crippen LogP contribution in [0.15, 0.2) is 18.2 Å².